The van der Waals surface area contributed by atoms with Crippen LogP contribution in [0.25, 0.3) is 0 Å². The fourth-order valence-corrected chi connectivity index (χ4v) is 11.0. The Hall–Kier alpha value is -2.81. The zero-order valence-electron chi connectivity index (χ0n) is 28.9. The minimum Gasteiger partial charge on any atom is -0.481 e. The molecule has 46 heavy (non-hydrogen) atoms. The highest BCUT2D eigenvalue weighted by Gasteiger charge is 2.67. The van der Waals surface area contributed by atoms with Gasteiger partial charge in [0, 0.05) is 42.8 Å². The van der Waals surface area contributed by atoms with Gasteiger partial charge in [0.25, 0.3) is 0 Å². The number of carboxylic acids is 1. The number of carbonyl (C=O) groups excluding carboxylic acids is 3. The van der Waals surface area contributed by atoms with E-state index in [-0.39, 0.29) is 56.9 Å². The Morgan fingerprint density at radius 2 is 1.54 bits per heavy atom. The third-order valence-corrected chi connectivity index (χ3v) is 13.9. The molecule has 1 N–H and O–H groups in total. The molecule has 1 aromatic rings. The van der Waals surface area contributed by atoms with E-state index < -0.39 is 23.3 Å². The average Bonchev–Trinajstić information content (AvgIpc) is 2.95. The Morgan fingerprint density at radius 1 is 0.891 bits per heavy atom. The molecule has 7 atom stereocenters. The number of benzene rings is 1. The van der Waals surface area contributed by atoms with E-state index in [1.807, 2.05) is 19.9 Å². The van der Waals surface area contributed by atoms with Crippen LogP contribution in [0, 0.1) is 34.5 Å². The molecule has 0 amide bonds. The minimum absolute atomic E-state index is 0.0836. The quantitative estimate of drug-likeness (QED) is 0.136. The number of ether oxygens (including phenoxy) is 3. The molecule has 3 saturated carbocycles. The summed E-state index contributed by atoms with van der Waals surface area (Å²) in [4.78, 5) is 48.6. The predicted molar refractivity (Wildman–Crippen MR) is 177 cm³/mol. The van der Waals surface area contributed by atoms with Crippen molar-refractivity contribution in [1.82, 2.24) is 0 Å². The number of esters is 3. The molecule has 5 rings (SSSR count). The van der Waals surface area contributed by atoms with E-state index >= 15 is 0 Å². The topological polar surface area (TPSA) is 116 Å². The Kier molecular flexibility index (Phi) is 8.79. The third-order valence-electron chi connectivity index (χ3n) is 12.7. The molecule has 0 aliphatic heterocycles. The Labute approximate surface area is 277 Å². The van der Waals surface area contributed by atoms with Gasteiger partial charge in [-0.1, -0.05) is 39.3 Å². The lowest BCUT2D eigenvalue weighted by atomic mass is 9.34. The molecule has 0 aromatic heterocycles. The van der Waals surface area contributed by atoms with Crippen LogP contribution in [-0.2, 0) is 29.3 Å². The second-order valence-corrected chi connectivity index (χ2v) is 16.8. The number of hydrogen-bond acceptors (Lipinski definition) is 8. The van der Waals surface area contributed by atoms with Crippen molar-refractivity contribution >= 4 is 35.6 Å². The van der Waals surface area contributed by atoms with Crippen LogP contribution in [0.4, 0.5) is 0 Å². The Balaban J connectivity index is 1.68. The first-order chi connectivity index (χ1) is 21.3. The number of allylic oxidation sites excluding steroid dienone is 1. The first-order valence-corrected chi connectivity index (χ1v) is 17.6. The summed E-state index contributed by atoms with van der Waals surface area (Å²) in [6, 6.07) is 1.91. The highest BCUT2D eigenvalue weighted by Crippen LogP contribution is 2.75. The number of rotatable bonds is 7. The monoisotopic (exact) mass is 654 g/mol. The van der Waals surface area contributed by atoms with E-state index in [1.165, 1.54) is 26.3 Å². The molecule has 0 radical (unpaired) electrons. The Bertz CT molecular complexity index is 1510. The number of hydrogen-bond donors (Lipinski definition) is 1. The first kappa shape index (κ1) is 34.5. The molecular weight excluding hydrogens is 604 g/mol. The van der Waals surface area contributed by atoms with Crippen LogP contribution in [0.15, 0.2) is 17.7 Å². The van der Waals surface area contributed by atoms with Crippen molar-refractivity contribution in [2.45, 2.75) is 118 Å². The van der Waals surface area contributed by atoms with Crippen molar-refractivity contribution in [1.29, 1.82) is 0 Å². The van der Waals surface area contributed by atoms with Crippen LogP contribution in [0.3, 0.4) is 0 Å². The van der Waals surface area contributed by atoms with Gasteiger partial charge in [-0.2, -0.15) is 0 Å². The number of thioether (sulfide) groups is 1. The minimum atomic E-state index is -0.738. The van der Waals surface area contributed by atoms with Crippen LogP contribution >= 0.6 is 11.8 Å². The fraction of sp³-hybridized carbons (Fsp3) is 0.676. The number of carbonyl (C=O) groups is 4. The highest BCUT2D eigenvalue weighted by molar-refractivity contribution is 7.99. The maximum atomic E-state index is 12.5. The molecule has 252 valence electrons. The van der Waals surface area contributed by atoms with E-state index in [0.29, 0.717) is 18.6 Å². The molecule has 1 aromatic carbocycles. The summed E-state index contributed by atoms with van der Waals surface area (Å²) in [5.41, 5.74) is 2.83. The van der Waals surface area contributed by atoms with Crippen LogP contribution < -0.4 is 9.47 Å². The lowest BCUT2D eigenvalue weighted by Gasteiger charge is -2.70. The van der Waals surface area contributed by atoms with Crippen molar-refractivity contribution in [2.24, 2.45) is 27.6 Å². The normalized spacial score (nSPS) is 36.2. The van der Waals surface area contributed by atoms with E-state index in [9.17, 15) is 24.3 Å². The van der Waals surface area contributed by atoms with Gasteiger partial charge in [0.05, 0.1) is 5.41 Å². The largest absolute Gasteiger partial charge is 0.481 e. The molecule has 2 unspecified atom stereocenters. The summed E-state index contributed by atoms with van der Waals surface area (Å²) in [5.74, 6) is -0.697. The van der Waals surface area contributed by atoms with E-state index in [2.05, 4.69) is 33.8 Å². The SMILES string of the molecule is CC(=O)OCCSC1C=C2[C@@](C)(CC[C@@]3(C)C4C[C@](C)(C(=O)O)CC[C@]4(C)CC[C@]23C)c2cc(OC(C)=O)c(OC(C)=O)c(C)c21. The number of fused-ring (bicyclic) bond motifs is 7. The van der Waals surface area contributed by atoms with Crippen molar-refractivity contribution in [3.05, 3.63) is 34.4 Å². The van der Waals surface area contributed by atoms with Gasteiger partial charge < -0.3 is 19.3 Å². The molecular formula is C37H50O8S. The second-order valence-electron chi connectivity index (χ2n) is 15.5. The van der Waals surface area contributed by atoms with Crippen molar-refractivity contribution < 1.29 is 38.5 Å². The van der Waals surface area contributed by atoms with Gasteiger partial charge in [-0.15, -0.1) is 11.8 Å². The molecule has 4 aliphatic carbocycles. The van der Waals surface area contributed by atoms with Gasteiger partial charge in [0.1, 0.15) is 6.61 Å². The van der Waals surface area contributed by atoms with Crippen molar-refractivity contribution in [3.63, 3.8) is 0 Å². The van der Waals surface area contributed by atoms with Crippen molar-refractivity contribution in [2.75, 3.05) is 12.4 Å². The van der Waals surface area contributed by atoms with Gasteiger partial charge in [0.2, 0.25) is 0 Å². The number of aliphatic carboxylic acids is 1. The summed E-state index contributed by atoms with van der Waals surface area (Å²) in [6.45, 7) is 17.7. The average molecular weight is 655 g/mol. The Morgan fingerprint density at radius 3 is 2.15 bits per heavy atom. The lowest BCUT2D eigenvalue weighted by Crippen LogP contribution is -2.62. The summed E-state index contributed by atoms with van der Waals surface area (Å²) in [7, 11) is 0. The zero-order chi connectivity index (χ0) is 34.0. The molecule has 0 saturated heterocycles. The van der Waals surface area contributed by atoms with Crippen LogP contribution in [0.2, 0.25) is 0 Å². The predicted octanol–water partition coefficient (Wildman–Crippen LogP) is 7.88. The van der Waals surface area contributed by atoms with E-state index in [1.54, 1.807) is 11.8 Å². The lowest BCUT2D eigenvalue weighted by molar-refractivity contribution is -0.177. The van der Waals surface area contributed by atoms with Gasteiger partial charge in [-0.25, -0.2) is 0 Å². The van der Waals surface area contributed by atoms with Gasteiger partial charge in [-0.05, 0) is 98.1 Å². The molecule has 4 aliphatic rings. The van der Waals surface area contributed by atoms with E-state index in [0.717, 1.165) is 48.8 Å². The maximum absolute atomic E-state index is 12.5. The molecule has 0 spiro atoms. The fourth-order valence-electron chi connectivity index (χ4n) is 9.86. The standard InChI is InChI=1S/C37H50O8S/c1-21-30-25(18-26(44-23(3)39)31(21)45-24(4)40)35(7)13-15-37(9)29-20-34(6,32(41)42)11-10-33(29,5)12-14-36(37,8)28(35)19-27(30)46-17-16-43-22(2)38/h18-19,27,29H,10-17,20H2,1-9H3,(H,41,42)/t27?,29?,33-,34-,35+,36-,37+/m1/s1. The molecule has 3 fully saturated rings. The van der Waals surface area contributed by atoms with E-state index in [4.69, 9.17) is 14.2 Å². The number of carboxylic acid groups (broad SMARTS) is 1. The van der Waals surface area contributed by atoms with Gasteiger partial charge >= 0.3 is 23.9 Å². The molecule has 0 bridgehead atoms. The third kappa shape index (κ3) is 5.38. The van der Waals surface area contributed by atoms with Crippen LogP contribution in [0.5, 0.6) is 11.5 Å². The van der Waals surface area contributed by atoms with Crippen LogP contribution in [-0.4, -0.2) is 41.3 Å². The molecule has 8 nitrogen and oxygen atoms in total. The smallest absolute Gasteiger partial charge is 0.309 e. The van der Waals surface area contributed by atoms with Gasteiger partial charge in [0.15, 0.2) is 11.5 Å². The zero-order valence-corrected chi connectivity index (χ0v) is 29.7. The van der Waals surface area contributed by atoms with Crippen molar-refractivity contribution in [3.8, 4) is 11.5 Å². The van der Waals surface area contributed by atoms with Gasteiger partial charge in [-0.3, -0.25) is 19.2 Å². The summed E-state index contributed by atoms with van der Waals surface area (Å²) in [6.07, 6.45) is 8.54. The molecule has 0 heterocycles. The highest BCUT2D eigenvalue weighted by atomic mass is 32.2. The molecule has 9 heteroatoms. The maximum Gasteiger partial charge on any atom is 0.309 e. The summed E-state index contributed by atoms with van der Waals surface area (Å²) < 4.78 is 16.7. The second kappa shape index (κ2) is 11.7. The summed E-state index contributed by atoms with van der Waals surface area (Å²) >= 11 is 1.68. The summed E-state index contributed by atoms with van der Waals surface area (Å²) in [5, 5.41) is 10.2. The first-order valence-electron chi connectivity index (χ1n) is 16.6. The van der Waals surface area contributed by atoms with Crippen LogP contribution in [0.1, 0.15) is 122 Å².